The fraction of sp³-hybridized carbons (Fsp3) is 0.542. The molecule has 0 atom stereocenters. The number of benzene rings is 1. The number of rotatable bonds is 7. The molecule has 4 rings (SSSR count). The summed E-state index contributed by atoms with van der Waals surface area (Å²) in [5, 5.41) is 0. The number of pyridine rings is 1. The van der Waals surface area contributed by atoms with Crippen molar-refractivity contribution in [1.29, 1.82) is 0 Å². The van der Waals surface area contributed by atoms with Crippen LogP contribution in [0.3, 0.4) is 0 Å². The Labute approximate surface area is 168 Å². The summed E-state index contributed by atoms with van der Waals surface area (Å²) in [5.41, 5.74) is 5.28. The van der Waals surface area contributed by atoms with Crippen molar-refractivity contribution in [1.82, 2.24) is 9.88 Å². The highest BCUT2D eigenvalue weighted by Crippen LogP contribution is 2.49. The van der Waals surface area contributed by atoms with Gasteiger partial charge in [0.25, 0.3) is 0 Å². The summed E-state index contributed by atoms with van der Waals surface area (Å²) in [6.45, 7) is 11.2. The minimum absolute atomic E-state index is 0.505. The first-order chi connectivity index (χ1) is 13.6. The molecule has 0 amide bonds. The van der Waals surface area contributed by atoms with Gasteiger partial charge in [-0.15, -0.1) is 0 Å². The molecule has 1 aliphatic carbocycles. The van der Waals surface area contributed by atoms with Crippen LogP contribution in [-0.2, 0) is 17.9 Å². The smallest absolute Gasteiger partial charge is 0.130 e. The zero-order chi connectivity index (χ0) is 19.6. The van der Waals surface area contributed by atoms with E-state index >= 15 is 0 Å². The highest BCUT2D eigenvalue weighted by Gasteiger charge is 2.48. The fourth-order valence-corrected chi connectivity index (χ4v) is 5.00. The molecule has 1 aromatic heterocycles. The van der Waals surface area contributed by atoms with Crippen molar-refractivity contribution in [3.8, 4) is 5.75 Å². The van der Waals surface area contributed by atoms with E-state index in [4.69, 9.17) is 9.47 Å². The molecule has 2 heterocycles. The third kappa shape index (κ3) is 4.23. The molecule has 0 N–H and O–H groups in total. The van der Waals surface area contributed by atoms with Gasteiger partial charge in [0.1, 0.15) is 12.4 Å². The van der Waals surface area contributed by atoms with Crippen LogP contribution in [0.4, 0.5) is 0 Å². The Bertz CT molecular complexity index is 777. The molecule has 28 heavy (non-hydrogen) atoms. The minimum atomic E-state index is 0.505. The molecule has 1 spiro atoms. The first-order valence-corrected chi connectivity index (χ1v) is 10.5. The van der Waals surface area contributed by atoms with E-state index in [1.807, 2.05) is 24.4 Å². The minimum Gasteiger partial charge on any atom is -0.487 e. The summed E-state index contributed by atoms with van der Waals surface area (Å²) >= 11 is 0. The SMILES string of the molecule is CCOC1CC2(CCN(Cc3cc(C)c(OCc4ccccn4)c(C)c3)C2)C1. The predicted molar refractivity (Wildman–Crippen MR) is 111 cm³/mol. The molecule has 0 bridgehead atoms. The Balaban J connectivity index is 1.35. The van der Waals surface area contributed by atoms with Gasteiger partial charge in [-0.25, -0.2) is 0 Å². The van der Waals surface area contributed by atoms with E-state index in [9.17, 15) is 0 Å². The van der Waals surface area contributed by atoms with Gasteiger partial charge in [-0.05, 0) is 80.8 Å². The molecule has 1 aliphatic heterocycles. The standard InChI is InChI=1S/C24H32N2O2/c1-4-27-22-13-24(14-22)8-10-26(17-24)15-20-11-18(2)23(19(3)12-20)28-16-21-7-5-6-9-25-21/h5-7,9,11-12,22H,4,8,10,13-17H2,1-3H3. The second kappa shape index (κ2) is 8.22. The normalized spacial score (nSPS) is 24.5. The highest BCUT2D eigenvalue weighted by molar-refractivity contribution is 5.43. The highest BCUT2D eigenvalue weighted by atomic mass is 16.5. The van der Waals surface area contributed by atoms with Gasteiger partial charge in [0.05, 0.1) is 11.8 Å². The third-order valence-electron chi connectivity index (χ3n) is 6.26. The van der Waals surface area contributed by atoms with E-state index in [2.05, 4.69) is 42.8 Å². The molecule has 150 valence electrons. The molecular formula is C24H32N2O2. The van der Waals surface area contributed by atoms with E-state index in [1.165, 1.54) is 49.0 Å². The molecule has 4 nitrogen and oxygen atoms in total. The maximum Gasteiger partial charge on any atom is 0.130 e. The quantitative estimate of drug-likeness (QED) is 0.699. The summed E-state index contributed by atoms with van der Waals surface area (Å²) in [6.07, 6.45) is 6.12. The van der Waals surface area contributed by atoms with Gasteiger partial charge in [-0.1, -0.05) is 18.2 Å². The van der Waals surface area contributed by atoms with Crippen LogP contribution in [0.2, 0.25) is 0 Å². The molecule has 0 radical (unpaired) electrons. The second-order valence-corrected chi connectivity index (χ2v) is 8.61. The van der Waals surface area contributed by atoms with Gasteiger partial charge >= 0.3 is 0 Å². The molecule has 2 aromatic rings. The van der Waals surface area contributed by atoms with Crippen LogP contribution in [-0.4, -0.2) is 35.7 Å². The van der Waals surface area contributed by atoms with Crippen LogP contribution >= 0.6 is 0 Å². The summed E-state index contributed by atoms with van der Waals surface area (Å²) in [7, 11) is 0. The monoisotopic (exact) mass is 380 g/mol. The first-order valence-electron chi connectivity index (χ1n) is 10.5. The van der Waals surface area contributed by atoms with Crippen molar-refractivity contribution in [3.05, 3.63) is 58.9 Å². The molecule has 1 aromatic carbocycles. The molecule has 1 saturated heterocycles. The lowest BCUT2D eigenvalue weighted by atomic mass is 9.66. The van der Waals surface area contributed by atoms with Crippen molar-refractivity contribution in [2.45, 2.75) is 59.3 Å². The molecule has 0 unspecified atom stereocenters. The average Bonchev–Trinajstić information content (AvgIpc) is 3.06. The van der Waals surface area contributed by atoms with Gasteiger partial charge in [0.15, 0.2) is 0 Å². The van der Waals surface area contributed by atoms with Crippen molar-refractivity contribution in [3.63, 3.8) is 0 Å². The van der Waals surface area contributed by atoms with Crippen molar-refractivity contribution < 1.29 is 9.47 Å². The Morgan fingerprint density at radius 1 is 1.18 bits per heavy atom. The van der Waals surface area contributed by atoms with E-state index in [0.29, 0.717) is 18.1 Å². The van der Waals surface area contributed by atoms with Crippen LogP contribution in [0.15, 0.2) is 36.5 Å². The Morgan fingerprint density at radius 3 is 2.64 bits per heavy atom. The number of hydrogen-bond donors (Lipinski definition) is 0. The summed E-state index contributed by atoms with van der Waals surface area (Å²) in [5.74, 6) is 0.992. The first kappa shape index (κ1) is 19.4. The van der Waals surface area contributed by atoms with Crippen LogP contribution in [0, 0.1) is 19.3 Å². The number of likely N-dealkylation sites (tertiary alicyclic amines) is 1. The van der Waals surface area contributed by atoms with Crippen LogP contribution in [0.1, 0.15) is 48.6 Å². The molecule has 1 saturated carbocycles. The van der Waals surface area contributed by atoms with Crippen molar-refractivity contribution in [2.24, 2.45) is 5.41 Å². The zero-order valence-corrected chi connectivity index (χ0v) is 17.4. The van der Waals surface area contributed by atoms with Gasteiger partial charge in [-0.3, -0.25) is 9.88 Å². The van der Waals surface area contributed by atoms with E-state index in [0.717, 1.165) is 24.6 Å². The van der Waals surface area contributed by atoms with Gasteiger partial charge < -0.3 is 9.47 Å². The number of nitrogens with zero attached hydrogens (tertiary/aromatic N) is 2. The number of aryl methyl sites for hydroxylation is 2. The number of hydrogen-bond acceptors (Lipinski definition) is 4. The fourth-order valence-electron chi connectivity index (χ4n) is 5.00. The van der Waals surface area contributed by atoms with Gasteiger partial charge in [0, 0.05) is 25.9 Å². The van der Waals surface area contributed by atoms with Crippen LogP contribution < -0.4 is 4.74 Å². The molecule has 2 fully saturated rings. The van der Waals surface area contributed by atoms with E-state index in [-0.39, 0.29) is 0 Å². The van der Waals surface area contributed by atoms with Crippen LogP contribution in [0.5, 0.6) is 5.75 Å². The topological polar surface area (TPSA) is 34.6 Å². The lowest BCUT2D eigenvalue weighted by Gasteiger charge is -2.44. The number of ether oxygens (including phenoxy) is 2. The van der Waals surface area contributed by atoms with Crippen molar-refractivity contribution in [2.75, 3.05) is 19.7 Å². The van der Waals surface area contributed by atoms with Crippen LogP contribution in [0.25, 0.3) is 0 Å². The van der Waals surface area contributed by atoms with E-state index in [1.54, 1.807) is 0 Å². The van der Waals surface area contributed by atoms with Gasteiger partial charge in [0.2, 0.25) is 0 Å². The Kier molecular flexibility index (Phi) is 5.70. The summed E-state index contributed by atoms with van der Waals surface area (Å²) in [4.78, 5) is 6.96. The third-order valence-corrected chi connectivity index (χ3v) is 6.26. The molecular weight excluding hydrogens is 348 g/mol. The average molecular weight is 381 g/mol. The lowest BCUT2D eigenvalue weighted by molar-refractivity contribution is -0.0718. The predicted octanol–water partition coefficient (Wildman–Crippen LogP) is 4.67. The number of aromatic nitrogens is 1. The Hall–Kier alpha value is -1.91. The maximum atomic E-state index is 6.08. The summed E-state index contributed by atoms with van der Waals surface area (Å²) < 4.78 is 11.9. The second-order valence-electron chi connectivity index (χ2n) is 8.61. The molecule has 4 heteroatoms. The van der Waals surface area contributed by atoms with E-state index < -0.39 is 0 Å². The zero-order valence-electron chi connectivity index (χ0n) is 17.4. The Morgan fingerprint density at radius 2 is 1.96 bits per heavy atom. The summed E-state index contributed by atoms with van der Waals surface area (Å²) in [6, 6.07) is 10.5. The van der Waals surface area contributed by atoms with Gasteiger partial charge in [-0.2, -0.15) is 0 Å². The largest absolute Gasteiger partial charge is 0.487 e. The maximum absolute atomic E-state index is 6.08. The van der Waals surface area contributed by atoms with Crippen molar-refractivity contribution >= 4 is 0 Å². The lowest BCUT2D eigenvalue weighted by Crippen LogP contribution is -2.44. The molecule has 2 aliphatic rings.